The second-order valence-electron chi connectivity index (χ2n) is 5.15. The van der Waals surface area contributed by atoms with Gasteiger partial charge in [0.25, 0.3) is 0 Å². The molecule has 0 unspecified atom stereocenters. The van der Waals surface area contributed by atoms with E-state index in [1.807, 2.05) is 61.5 Å². The number of benzene rings is 2. The van der Waals surface area contributed by atoms with Crippen molar-refractivity contribution in [1.29, 1.82) is 0 Å². The minimum atomic E-state index is 0.344. The van der Waals surface area contributed by atoms with Gasteiger partial charge in [-0.15, -0.1) is 0 Å². The molecule has 0 spiro atoms. The van der Waals surface area contributed by atoms with Gasteiger partial charge >= 0.3 is 0 Å². The standard InChI is InChI=1S/C18H18N4O2S/c1-2-23-15-10-6-9-14(11-15)20-18(25)19-12-16-21-17(22-24-16)13-7-4-3-5-8-13/h3-11H,2,12H2,1H3,(H2,19,20,25). The maximum absolute atomic E-state index is 5.47. The average Bonchev–Trinajstić information content (AvgIpc) is 3.10. The van der Waals surface area contributed by atoms with Crippen molar-refractivity contribution in [3.05, 3.63) is 60.5 Å². The van der Waals surface area contributed by atoms with E-state index in [4.69, 9.17) is 21.5 Å². The number of aromatic nitrogens is 2. The highest BCUT2D eigenvalue weighted by atomic mass is 32.1. The summed E-state index contributed by atoms with van der Waals surface area (Å²) in [5.41, 5.74) is 1.75. The quantitative estimate of drug-likeness (QED) is 0.655. The summed E-state index contributed by atoms with van der Waals surface area (Å²) in [5, 5.41) is 10.6. The van der Waals surface area contributed by atoms with Crippen LogP contribution in [0.1, 0.15) is 12.8 Å². The van der Waals surface area contributed by atoms with Gasteiger partial charge in [-0.3, -0.25) is 0 Å². The fraction of sp³-hybridized carbons (Fsp3) is 0.167. The largest absolute Gasteiger partial charge is 0.494 e. The number of hydrogen-bond acceptors (Lipinski definition) is 5. The molecule has 0 bridgehead atoms. The van der Waals surface area contributed by atoms with Crippen molar-refractivity contribution in [1.82, 2.24) is 15.5 Å². The van der Waals surface area contributed by atoms with Crippen LogP contribution >= 0.6 is 12.2 Å². The molecule has 128 valence electrons. The Bertz CT molecular complexity index is 836. The fourth-order valence-electron chi connectivity index (χ4n) is 2.19. The molecule has 0 aliphatic heterocycles. The zero-order valence-corrected chi connectivity index (χ0v) is 14.5. The summed E-state index contributed by atoms with van der Waals surface area (Å²) < 4.78 is 10.7. The maximum atomic E-state index is 5.47. The van der Waals surface area contributed by atoms with Gasteiger partial charge in [0.15, 0.2) is 5.11 Å². The summed E-state index contributed by atoms with van der Waals surface area (Å²) in [6.45, 7) is 2.91. The zero-order valence-electron chi connectivity index (χ0n) is 13.7. The van der Waals surface area contributed by atoms with Crippen LogP contribution in [0.2, 0.25) is 0 Å². The Hall–Kier alpha value is -2.93. The molecule has 7 heteroatoms. The van der Waals surface area contributed by atoms with E-state index in [9.17, 15) is 0 Å². The first kappa shape index (κ1) is 16.9. The topological polar surface area (TPSA) is 72.2 Å². The van der Waals surface area contributed by atoms with Gasteiger partial charge in [-0.25, -0.2) is 0 Å². The summed E-state index contributed by atoms with van der Waals surface area (Å²) >= 11 is 5.29. The Balaban J connectivity index is 1.54. The molecule has 6 nitrogen and oxygen atoms in total. The van der Waals surface area contributed by atoms with Gasteiger partial charge in [-0.05, 0) is 31.3 Å². The van der Waals surface area contributed by atoms with Crippen molar-refractivity contribution in [2.45, 2.75) is 13.5 Å². The smallest absolute Gasteiger partial charge is 0.246 e. The first-order valence-corrected chi connectivity index (χ1v) is 8.31. The molecular formula is C18H18N4O2S. The van der Waals surface area contributed by atoms with Gasteiger partial charge in [-0.2, -0.15) is 4.98 Å². The van der Waals surface area contributed by atoms with Crippen LogP contribution in [0, 0.1) is 0 Å². The highest BCUT2D eigenvalue weighted by Crippen LogP contribution is 2.17. The van der Waals surface area contributed by atoms with Crippen LogP contribution in [0.4, 0.5) is 5.69 Å². The minimum absolute atomic E-state index is 0.344. The van der Waals surface area contributed by atoms with E-state index in [1.165, 1.54) is 0 Å². The van der Waals surface area contributed by atoms with Gasteiger partial charge in [0.1, 0.15) is 5.75 Å². The Labute approximate surface area is 151 Å². The van der Waals surface area contributed by atoms with Crippen molar-refractivity contribution < 1.29 is 9.26 Å². The molecule has 0 saturated heterocycles. The molecule has 2 N–H and O–H groups in total. The molecule has 1 aromatic heterocycles. The summed E-state index contributed by atoms with van der Waals surface area (Å²) in [7, 11) is 0. The number of thiocarbonyl (C=S) groups is 1. The van der Waals surface area contributed by atoms with Crippen LogP contribution < -0.4 is 15.4 Å². The van der Waals surface area contributed by atoms with Crippen LogP contribution in [-0.2, 0) is 6.54 Å². The summed E-state index contributed by atoms with van der Waals surface area (Å²) in [6.07, 6.45) is 0. The third-order valence-corrected chi connectivity index (χ3v) is 3.55. The first-order chi connectivity index (χ1) is 12.2. The number of rotatable bonds is 6. The molecule has 1 heterocycles. The maximum Gasteiger partial charge on any atom is 0.246 e. The average molecular weight is 354 g/mol. The Morgan fingerprint density at radius 1 is 1.16 bits per heavy atom. The first-order valence-electron chi connectivity index (χ1n) is 7.90. The van der Waals surface area contributed by atoms with Crippen LogP contribution in [0.25, 0.3) is 11.4 Å². The molecule has 2 aromatic carbocycles. The molecule has 0 atom stereocenters. The van der Waals surface area contributed by atoms with Crippen molar-refractivity contribution in [3.63, 3.8) is 0 Å². The van der Waals surface area contributed by atoms with Gasteiger partial charge in [0.05, 0.1) is 13.2 Å². The van der Waals surface area contributed by atoms with Crippen LogP contribution in [0.3, 0.4) is 0 Å². The van der Waals surface area contributed by atoms with Crippen LogP contribution in [-0.4, -0.2) is 21.9 Å². The lowest BCUT2D eigenvalue weighted by atomic mass is 10.2. The number of nitrogens with one attached hydrogen (secondary N) is 2. The Morgan fingerprint density at radius 2 is 2.00 bits per heavy atom. The Morgan fingerprint density at radius 3 is 2.80 bits per heavy atom. The third kappa shape index (κ3) is 4.77. The second-order valence-corrected chi connectivity index (χ2v) is 5.55. The molecule has 0 amide bonds. The van der Waals surface area contributed by atoms with Crippen LogP contribution in [0.15, 0.2) is 59.1 Å². The molecule has 0 radical (unpaired) electrons. The highest BCUT2D eigenvalue weighted by molar-refractivity contribution is 7.80. The molecule has 3 aromatic rings. The predicted molar refractivity (Wildman–Crippen MR) is 100 cm³/mol. The van der Waals surface area contributed by atoms with E-state index in [0.29, 0.717) is 30.0 Å². The zero-order chi connectivity index (χ0) is 17.5. The minimum Gasteiger partial charge on any atom is -0.494 e. The summed E-state index contributed by atoms with van der Waals surface area (Å²) in [4.78, 5) is 4.35. The molecular weight excluding hydrogens is 336 g/mol. The summed E-state index contributed by atoms with van der Waals surface area (Å²) in [5.74, 6) is 1.81. The van der Waals surface area contributed by atoms with E-state index in [1.54, 1.807) is 0 Å². The molecule has 25 heavy (non-hydrogen) atoms. The van der Waals surface area contributed by atoms with Gasteiger partial charge in [0.2, 0.25) is 11.7 Å². The van der Waals surface area contributed by atoms with Crippen molar-refractivity contribution in [2.75, 3.05) is 11.9 Å². The van der Waals surface area contributed by atoms with Gasteiger partial charge in [-0.1, -0.05) is 41.6 Å². The normalized spacial score (nSPS) is 10.3. The molecule has 0 fully saturated rings. The SMILES string of the molecule is CCOc1cccc(NC(=S)NCc2nc(-c3ccccc3)no2)c1. The number of ether oxygens (including phenoxy) is 1. The van der Waals surface area contributed by atoms with Gasteiger partial charge < -0.3 is 19.9 Å². The lowest BCUT2D eigenvalue weighted by Crippen LogP contribution is -2.28. The van der Waals surface area contributed by atoms with E-state index < -0.39 is 0 Å². The number of anilines is 1. The van der Waals surface area contributed by atoms with E-state index in [0.717, 1.165) is 17.0 Å². The molecule has 3 rings (SSSR count). The highest BCUT2D eigenvalue weighted by Gasteiger charge is 2.08. The van der Waals surface area contributed by atoms with Crippen molar-refractivity contribution in [2.24, 2.45) is 0 Å². The second kappa shape index (κ2) is 8.25. The summed E-state index contributed by atoms with van der Waals surface area (Å²) in [6, 6.07) is 17.3. The van der Waals surface area contributed by atoms with E-state index in [-0.39, 0.29) is 0 Å². The van der Waals surface area contributed by atoms with Gasteiger partial charge in [0, 0.05) is 17.3 Å². The van der Waals surface area contributed by atoms with Crippen LogP contribution in [0.5, 0.6) is 5.75 Å². The third-order valence-electron chi connectivity index (χ3n) is 3.30. The predicted octanol–water partition coefficient (Wildman–Crippen LogP) is 3.62. The Kier molecular flexibility index (Phi) is 5.58. The molecule has 0 saturated carbocycles. The van der Waals surface area contributed by atoms with Crippen molar-refractivity contribution >= 4 is 23.0 Å². The molecule has 0 aliphatic carbocycles. The monoisotopic (exact) mass is 354 g/mol. The number of nitrogens with zero attached hydrogens (tertiary/aromatic N) is 2. The van der Waals surface area contributed by atoms with E-state index >= 15 is 0 Å². The van der Waals surface area contributed by atoms with E-state index in [2.05, 4.69) is 20.8 Å². The molecule has 0 aliphatic rings. The fourth-order valence-corrected chi connectivity index (χ4v) is 2.38. The lowest BCUT2D eigenvalue weighted by molar-refractivity contribution is 0.340. The number of hydrogen-bond donors (Lipinski definition) is 2. The lowest BCUT2D eigenvalue weighted by Gasteiger charge is -2.10. The van der Waals surface area contributed by atoms with Crippen molar-refractivity contribution in [3.8, 4) is 17.1 Å².